The van der Waals surface area contributed by atoms with Gasteiger partial charge >= 0.3 is 0 Å². The van der Waals surface area contributed by atoms with E-state index >= 15 is 0 Å². The highest BCUT2D eigenvalue weighted by atomic mass is 32.1. The van der Waals surface area contributed by atoms with Gasteiger partial charge in [-0.1, -0.05) is 18.2 Å². The Morgan fingerprint density at radius 3 is 2.96 bits per heavy atom. The fourth-order valence-electron chi connectivity index (χ4n) is 4.48. The molecule has 3 aliphatic rings. The Labute approximate surface area is 162 Å². The zero-order chi connectivity index (χ0) is 18.4. The molecule has 0 N–H and O–H groups in total. The number of para-hydroxylation sites is 1. The van der Waals surface area contributed by atoms with Gasteiger partial charge in [0.25, 0.3) is 0 Å². The second kappa shape index (κ2) is 6.60. The maximum Gasteiger partial charge on any atom is 0.228 e. The van der Waals surface area contributed by atoms with E-state index in [2.05, 4.69) is 44.0 Å². The minimum atomic E-state index is 0.0645. The summed E-state index contributed by atoms with van der Waals surface area (Å²) in [5.41, 5.74) is 6.09. The fourth-order valence-corrected chi connectivity index (χ4v) is 5.03. The van der Waals surface area contributed by atoms with Gasteiger partial charge in [-0.2, -0.15) is 0 Å². The number of piperidine rings is 1. The lowest BCUT2D eigenvalue weighted by Gasteiger charge is -2.35. The van der Waals surface area contributed by atoms with E-state index in [0.717, 1.165) is 42.8 Å². The van der Waals surface area contributed by atoms with Crippen LogP contribution < -0.4 is 4.90 Å². The summed E-state index contributed by atoms with van der Waals surface area (Å²) in [6, 6.07) is 10.7. The molecule has 138 valence electrons. The Hall–Kier alpha value is -2.47. The number of hydrogen-bond donors (Lipinski definition) is 0. The van der Waals surface area contributed by atoms with Crippen molar-refractivity contribution in [3.63, 3.8) is 0 Å². The molecule has 0 saturated carbocycles. The van der Waals surface area contributed by atoms with Crippen molar-refractivity contribution in [3.8, 4) is 0 Å². The third kappa shape index (κ3) is 2.98. The molecule has 6 rings (SSSR count). The number of amides is 1. The van der Waals surface area contributed by atoms with Crippen LogP contribution in [0.2, 0.25) is 0 Å². The molecule has 1 aromatic carbocycles. The summed E-state index contributed by atoms with van der Waals surface area (Å²) in [6.45, 7) is 4.34. The molecule has 27 heavy (non-hydrogen) atoms. The average molecular weight is 379 g/mol. The molecule has 2 atom stereocenters. The van der Waals surface area contributed by atoms with Crippen LogP contribution in [-0.4, -0.2) is 39.9 Å². The maximum absolute atomic E-state index is 13.1. The van der Waals surface area contributed by atoms with Gasteiger partial charge in [-0.25, -0.2) is 4.98 Å². The molecule has 0 unspecified atom stereocenters. The summed E-state index contributed by atoms with van der Waals surface area (Å²) in [6.07, 6.45) is 2.05. The average Bonchev–Trinajstić information content (AvgIpc) is 3.04. The van der Waals surface area contributed by atoms with E-state index in [1.165, 1.54) is 11.1 Å². The quantitative estimate of drug-likeness (QED) is 0.698. The van der Waals surface area contributed by atoms with Crippen LogP contribution in [0.15, 0.2) is 41.2 Å². The Balaban J connectivity index is 1.51. The Morgan fingerprint density at radius 1 is 1.22 bits per heavy atom. The van der Waals surface area contributed by atoms with E-state index in [4.69, 9.17) is 0 Å². The first-order valence-corrected chi connectivity index (χ1v) is 10.4. The molecule has 0 aliphatic carbocycles. The molecule has 5 nitrogen and oxygen atoms in total. The Morgan fingerprint density at radius 2 is 2.11 bits per heavy atom. The van der Waals surface area contributed by atoms with Crippen molar-refractivity contribution in [2.24, 2.45) is 5.92 Å². The molecule has 3 fully saturated rings. The first-order chi connectivity index (χ1) is 13.2. The highest BCUT2D eigenvalue weighted by Gasteiger charge is 2.41. The van der Waals surface area contributed by atoms with Crippen LogP contribution in [0.1, 0.15) is 24.2 Å². The number of thiazole rings is 1. The molecule has 2 bridgehead atoms. The van der Waals surface area contributed by atoms with E-state index in [0.29, 0.717) is 6.54 Å². The topological polar surface area (TPSA) is 49.3 Å². The van der Waals surface area contributed by atoms with Gasteiger partial charge in [0.15, 0.2) is 0 Å². The van der Waals surface area contributed by atoms with Crippen LogP contribution in [0.5, 0.6) is 0 Å². The lowest BCUT2D eigenvalue weighted by Crippen LogP contribution is -2.47. The molecule has 2 aromatic heterocycles. The van der Waals surface area contributed by atoms with Crippen LogP contribution >= 0.6 is 11.3 Å². The highest BCUT2D eigenvalue weighted by molar-refractivity contribution is 7.07. The standard InChI is InChI=1S/C21H22N4OS/c1-14-8-20(18-4-2-3-5-19(18)23-14)24-9-15-6-7-17(11-24)25(21(15)26)10-16-12-27-13-22-16/h2-5,8,12-13,15,17H,6-7,9-11H2,1H3/t15-,17+/m0/s1. The Bertz CT molecular complexity index is 987. The van der Waals surface area contributed by atoms with E-state index in [-0.39, 0.29) is 17.9 Å². The van der Waals surface area contributed by atoms with Crippen LogP contribution in [-0.2, 0) is 11.3 Å². The van der Waals surface area contributed by atoms with Crippen LogP contribution in [0.4, 0.5) is 5.69 Å². The van der Waals surface area contributed by atoms with Crippen molar-refractivity contribution in [1.82, 2.24) is 14.9 Å². The van der Waals surface area contributed by atoms with Crippen LogP contribution in [0.3, 0.4) is 0 Å². The van der Waals surface area contributed by atoms with Crippen molar-refractivity contribution in [2.75, 3.05) is 18.0 Å². The number of hydrogen-bond acceptors (Lipinski definition) is 5. The van der Waals surface area contributed by atoms with E-state index in [1.807, 2.05) is 23.9 Å². The van der Waals surface area contributed by atoms with Gasteiger partial charge in [-0.15, -0.1) is 11.3 Å². The summed E-state index contributed by atoms with van der Waals surface area (Å²) in [7, 11) is 0. The van der Waals surface area contributed by atoms with Crippen molar-refractivity contribution in [2.45, 2.75) is 32.4 Å². The molecule has 0 radical (unpaired) electrons. The number of pyridine rings is 1. The van der Waals surface area contributed by atoms with Gasteiger partial charge in [0, 0.05) is 41.3 Å². The number of carbonyl (C=O) groups is 1. The van der Waals surface area contributed by atoms with Gasteiger partial charge < -0.3 is 9.80 Å². The third-order valence-corrected chi connectivity index (χ3v) is 6.41. The van der Waals surface area contributed by atoms with Gasteiger partial charge in [-0.05, 0) is 31.9 Å². The summed E-state index contributed by atoms with van der Waals surface area (Å²) in [5.74, 6) is 0.353. The van der Waals surface area contributed by atoms with Crippen molar-refractivity contribution in [1.29, 1.82) is 0 Å². The van der Waals surface area contributed by atoms with Crippen LogP contribution in [0, 0.1) is 12.8 Å². The molecule has 3 saturated heterocycles. The van der Waals surface area contributed by atoms with E-state index in [1.54, 1.807) is 11.3 Å². The molecule has 5 heterocycles. The molecule has 0 spiro atoms. The van der Waals surface area contributed by atoms with Gasteiger partial charge in [0.1, 0.15) is 0 Å². The van der Waals surface area contributed by atoms with Gasteiger partial charge in [0.2, 0.25) is 5.91 Å². The zero-order valence-corrected chi connectivity index (χ0v) is 16.2. The Kier molecular flexibility index (Phi) is 4.08. The smallest absolute Gasteiger partial charge is 0.228 e. The van der Waals surface area contributed by atoms with E-state index < -0.39 is 0 Å². The molecular formula is C21H22N4OS. The lowest BCUT2D eigenvalue weighted by molar-refractivity contribution is -0.140. The van der Waals surface area contributed by atoms with Crippen LogP contribution in [0.25, 0.3) is 10.9 Å². The number of carbonyl (C=O) groups excluding carboxylic acids is 1. The number of aryl methyl sites for hydroxylation is 1. The molecule has 3 aliphatic heterocycles. The first kappa shape index (κ1) is 16.7. The van der Waals surface area contributed by atoms with Crippen molar-refractivity contribution < 1.29 is 4.79 Å². The highest BCUT2D eigenvalue weighted by Crippen LogP contribution is 2.35. The number of anilines is 1. The van der Waals surface area contributed by atoms with Gasteiger partial charge in [0.05, 0.1) is 29.2 Å². The molecule has 3 aromatic rings. The second-order valence-electron chi connectivity index (χ2n) is 7.58. The lowest BCUT2D eigenvalue weighted by atomic mass is 9.94. The summed E-state index contributed by atoms with van der Waals surface area (Å²) >= 11 is 1.59. The third-order valence-electron chi connectivity index (χ3n) is 5.77. The first-order valence-electron chi connectivity index (χ1n) is 9.48. The normalized spacial score (nSPS) is 22.5. The zero-order valence-electron chi connectivity index (χ0n) is 15.3. The van der Waals surface area contributed by atoms with Gasteiger partial charge in [-0.3, -0.25) is 9.78 Å². The minimum absolute atomic E-state index is 0.0645. The number of fused-ring (bicyclic) bond motifs is 5. The second-order valence-corrected chi connectivity index (χ2v) is 8.30. The number of rotatable bonds is 3. The van der Waals surface area contributed by atoms with E-state index in [9.17, 15) is 4.79 Å². The summed E-state index contributed by atoms with van der Waals surface area (Å²) in [5, 5.41) is 3.21. The predicted octanol–water partition coefficient (Wildman–Crippen LogP) is 3.63. The molecule has 1 amide bonds. The molecular weight excluding hydrogens is 356 g/mol. The predicted molar refractivity (Wildman–Crippen MR) is 108 cm³/mol. The summed E-state index contributed by atoms with van der Waals surface area (Å²) < 4.78 is 0. The summed E-state index contributed by atoms with van der Waals surface area (Å²) in [4.78, 5) is 26.7. The number of nitrogens with zero attached hydrogens (tertiary/aromatic N) is 4. The number of benzene rings is 1. The van der Waals surface area contributed by atoms with Crippen molar-refractivity contribution >= 4 is 33.8 Å². The monoisotopic (exact) mass is 378 g/mol. The largest absolute Gasteiger partial charge is 0.368 e. The minimum Gasteiger partial charge on any atom is -0.368 e. The van der Waals surface area contributed by atoms with Crippen molar-refractivity contribution in [3.05, 3.63) is 52.6 Å². The SMILES string of the molecule is Cc1cc(N2C[C@@H]3CC[C@H](C2)N(Cc2cscn2)C3=O)c2ccccc2n1. The fraction of sp³-hybridized carbons (Fsp3) is 0.381. The maximum atomic E-state index is 13.1. The molecule has 6 heteroatoms. The number of aromatic nitrogens is 2.